The lowest BCUT2D eigenvalue weighted by Gasteiger charge is -2.34. The average molecular weight is 283 g/mol. The summed E-state index contributed by atoms with van der Waals surface area (Å²) in [6.07, 6.45) is 0. The molecule has 0 saturated carbocycles. The Hall–Kier alpha value is -1.29. The second-order valence-electron chi connectivity index (χ2n) is 4.21. The van der Waals surface area contributed by atoms with E-state index in [9.17, 15) is 4.39 Å². The van der Waals surface area contributed by atoms with Gasteiger partial charge in [-0.3, -0.25) is 0 Å². The van der Waals surface area contributed by atoms with Gasteiger partial charge in [-0.05, 0) is 25.2 Å². The van der Waals surface area contributed by atoms with Crippen LogP contribution >= 0.6 is 0 Å². The molecule has 2 rings (SSSR count). The summed E-state index contributed by atoms with van der Waals surface area (Å²) in [5.74, 6) is -0.142. The molecule has 0 radical (unpaired) electrons. The molecule has 0 amide bonds. The van der Waals surface area contributed by atoms with E-state index >= 15 is 0 Å². The fraction of sp³-hybridized carbons (Fsp3) is 0.625. The number of nitrogens with one attached hydrogen (secondary N) is 1. The van der Waals surface area contributed by atoms with Crippen LogP contribution in [-0.2, 0) is 0 Å². The molecule has 0 aliphatic carbocycles. The van der Waals surface area contributed by atoms with Gasteiger partial charge in [-0.1, -0.05) is 27.7 Å². The predicted molar refractivity (Wildman–Crippen MR) is 88.4 cm³/mol. The Kier molecular flexibility index (Phi) is 9.82. The van der Waals surface area contributed by atoms with Crippen molar-refractivity contribution in [1.82, 2.24) is 4.90 Å². The van der Waals surface area contributed by atoms with Crippen molar-refractivity contribution in [2.24, 2.45) is 0 Å². The van der Waals surface area contributed by atoms with Crippen LogP contribution in [-0.4, -0.2) is 45.2 Å². The van der Waals surface area contributed by atoms with E-state index in [-0.39, 0.29) is 5.82 Å². The van der Waals surface area contributed by atoms with E-state index in [0.717, 1.165) is 31.9 Å². The maximum Gasteiger partial charge on any atom is 0.148 e. The molecule has 1 N–H and O–H groups in total. The van der Waals surface area contributed by atoms with Crippen LogP contribution in [0.1, 0.15) is 27.7 Å². The highest BCUT2D eigenvalue weighted by Crippen LogP contribution is 2.23. The minimum Gasteiger partial charge on any atom is -0.388 e. The minimum absolute atomic E-state index is 0.142. The van der Waals surface area contributed by atoms with E-state index in [0.29, 0.717) is 5.69 Å². The lowest BCUT2D eigenvalue weighted by atomic mass is 10.2. The first-order valence-corrected chi connectivity index (χ1v) is 7.61. The zero-order chi connectivity index (χ0) is 15.5. The fourth-order valence-corrected chi connectivity index (χ4v) is 1.97. The van der Waals surface area contributed by atoms with E-state index < -0.39 is 0 Å². The first-order valence-electron chi connectivity index (χ1n) is 7.61. The zero-order valence-electron chi connectivity index (χ0n) is 13.8. The van der Waals surface area contributed by atoms with Crippen molar-refractivity contribution in [1.29, 1.82) is 0 Å². The zero-order valence-corrected chi connectivity index (χ0v) is 13.8. The Bertz CT molecular complexity index is 361. The number of piperazine rings is 1. The molecule has 1 aromatic rings. The van der Waals surface area contributed by atoms with Crippen molar-refractivity contribution >= 4 is 11.4 Å². The third-order valence-corrected chi connectivity index (χ3v) is 3.08. The van der Waals surface area contributed by atoms with Crippen LogP contribution in [0.5, 0.6) is 0 Å². The van der Waals surface area contributed by atoms with Gasteiger partial charge < -0.3 is 15.1 Å². The van der Waals surface area contributed by atoms with Crippen LogP contribution in [0, 0.1) is 5.82 Å². The van der Waals surface area contributed by atoms with Crippen molar-refractivity contribution in [2.75, 3.05) is 50.5 Å². The van der Waals surface area contributed by atoms with E-state index in [1.807, 2.05) is 39.8 Å². The normalized spacial score (nSPS) is 14.7. The number of rotatable bonds is 2. The van der Waals surface area contributed by atoms with E-state index in [1.54, 1.807) is 13.1 Å². The molecule has 1 aliphatic rings. The molecular weight excluding hydrogens is 253 g/mol. The molecule has 0 bridgehead atoms. The average Bonchev–Trinajstić information content (AvgIpc) is 2.52. The summed E-state index contributed by atoms with van der Waals surface area (Å²) < 4.78 is 13.8. The smallest absolute Gasteiger partial charge is 0.148 e. The van der Waals surface area contributed by atoms with Gasteiger partial charge in [-0.2, -0.15) is 0 Å². The number of hydrogen-bond donors (Lipinski definition) is 1. The Labute approximate surface area is 123 Å². The number of nitrogens with zero attached hydrogens (tertiary/aromatic N) is 2. The lowest BCUT2D eigenvalue weighted by Crippen LogP contribution is -2.44. The van der Waals surface area contributed by atoms with Gasteiger partial charge in [0, 0.05) is 38.9 Å². The number of anilines is 2. The first kappa shape index (κ1) is 18.7. The van der Waals surface area contributed by atoms with Crippen LogP contribution in [0.4, 0.5) is 15.8 Å². The molecule has 0 atom stereocenters. The topological polar surface area (TPSA) is 18.5 Å². The Morgan fingerprint density at radius 2 is 1.55 bits per heavy atom. The summed E-state index contributed by atoms with van der Waals surface area (Å²) in [7, 11) is 3.89. The molecule has 0 spiro atoms. The standard InChI is InChI=1S/C12H18FN3.2C2H6/c1-14-10-3-4-12(11(13)9-10)16-7-5-15(2)6-8-16;2*1-2/h3-4,9,14H,5-8H2,1-2H3;2*1-2H3. The minimum atomic E-state index is -0.142. The molecular formula is C16H30FN3. The molecule has 20 heavy (non-hydrogen) atoms. The third kappa shape index (κ3) is 5.37. The Morgan fingerprint density at radius 3 is 2.00 bits per heavy atom. The van der Waals surface area contributed by atoms with Crippen LogP contribution in [0.3, 0.4) is 0 Å². The first-order chi connectivity index (χ1) is 9.70. The lowest BCUT2D eigenvalue weighted by molar-refractivity contribution is 0.311. The molecule has 0 unspecified atom stereocenters. The number of halogens is 1. The van der Waals surface area contributed by atoms with E-state index in [4.69, 9.17) is 0 Å². The van der Waals surface area contributed by atoms with Crippen LogP contribution < -0.4 is 10.2 Å². The largest absolute Gasteiger partial charge is 0.388 e. The van der Waals surface area contributed by atoms with Crippen LogP contribution in [0.25, 0.3) is 0 Å². The van der Waals surface area contributed by atoms with E-state index in [1.165, 1.54) is 0 Å². The summed E-state index contributed by atoms with van der Waals surface area (Å²) >= 11 is 0. The molecule has 1 aliphatic heterocycles. The number of likely N-dealkylation sites (N-methyl/N-ethyl adjacent to an activating group) is 1. The van der Waals surface area contributed by atoms with Crippen molar-refractivity contribution in [3.8, 4) is 0 Å². The van der Waals surface area contributed by atoms with Crippen molar-refractivity contribution in [3.63, 3.8) is 0 Å². The maximum absolute atomic E-state index is 13.8. The van der Waals surface area contributed by atoms with Crippen molar-refractivity contribution < 1.29 is 4.39 Å². The Balaban J connectivity index is 0.000000829. The fourth-order valence-electron chi connectivity index (χ4n) is 1.97. The summed E-state index contributed by atoms with van der Waals surface area (Å²) in [5, 5.41) is 2.94. The molecule has 1 aromatic carbocycles. The van der Waals surface area contributed by atoms with Gasteiger partial charge in [-0.15, -0.1) is 0 Å². The maximum atomic E-state index is 13.8. The highest BCUT2D eigenvalue weighted by Gasteiger charge is 2.17. The summed E-state index contributed by atoms with van der Waals surface area (Å²) in [6, 6.07) is 5.32. The molecule has 1 heterocycles. The second kappa shape index (κ2) is 10.5. The molecule has 0 aromatic heterocycles. The van der Waals surface area contributed by atoms with E-state index in [2.05, 4.69) is 22.2 Å². The van der Waals surface area contributed by atoms with Crippen LogP contribution in [0.2, 0.25) is 0 Å². The quantitative estimate of drug-likeness (QED) is 0.893. The van der Waals surface area contributed by atoms with Gasteiger partial charge in [0.25, 0.3) is 0 Å². The monoisotopic (exact) mass is 283 g/mol. The number of hydrogen-bond acceptors (Lipinski definition) is 3. The Morgan fingerprint density at radius 1 is 1.00 bits per heavy atom. The molecule has 1 saturated heterocycles. The van der Waals surface area contributed by atoms with Gasteiger partial charge >= 0.3 is 0 Å². The third-order valence-electron chi connectivity index (χ3n) is 3.08. The van der Waals surface area contributed by atoms with Crippen molar-refractivity contribution in [2.45, 2.75) is 27.7 Å². The van der Waals surface area contributed by atoms with Crippen LogP contribution in [0.15, 0.2) is 18.2 Å². The van der Waals surface area contributed by atoms with Gasteiger partial charge in [0.15, 0.2) is 0 Å². The van der Waals surface area contributed by atoms with Gasteiger partial charge in [0.1, 0.15) is 5.82 Å². The molecule has 116 valence electrons. The summed E-state index contributed by atoms with van der Waals surface area (Å²) in [4.78, 5) is 4.37. The van der Waals surface area contributed by atoms with Gasteiger partial charge in [-0.25, -0.2) is 4.39 Å². The van der Waals surface area contributed by atoms with Crippen molar-refractivity contribution in [3.05, 3.63) is 24.0 Å². The van der Waals surface area contributed by atoms with Gasteiger partial charge in [0.05, 0.1) is 5.69 Å². The summed E-state index contributed by atoms with van der Waals surface area (Å²) in [5.41, 5.74) is 1.53. The molecule has 1 fully saturated rings. The second-order valence-corrected chi connectivity index (χ2v) is 4.21. The highest BCUT2D eigenvalue weighted by molar-refractivity contribution is 5.56. The molecule has 4 heteroatoms. The SMILES string of the molecule is CC.CC.CNc1ccc(N2CCN(C)CC2)c(F)c1. The summed E-state index contributed by atoms with van der Waals surface area (Å²) in [6.45, 7) is 11.8. The molecule has 3 nitrogen and oxygen atoms in total. The predicted octanol–water partition coefficient (Wildman–Crippen LogP) is 3.67. The number of benzene rings is 1. The van der Waals surface area contributed by atoms with Gasteiger partial charge in [0.2, 0.25) is 0 Å². The highest BCUT2D eigenvalue weighted by atomic mass is 19.1.